The third-order valence-electron chi connectivity index (χ3n) is 3.98. The zero-order valence-electron chi connectivity index (χ0n) is 11.6. The number of ketones is 3. The van der Waals surface area contributed by atoms with E-state index in [1.807, 2.05) is 6.92 Å². The van der Waals surface area contributed by atoms with Gasteiger partial charge in [-0.25, -0.2) is 0 Å². The van der Waals surface area contributed by atoms with Crippen molar-refractivity contribution in [3.05, 3.63) is 34.3 Å². The van der Waals surface area contributed by atoms with E-state index in [9.17, 15) is 14.4 Å². The van der Waals surface area contributed by atoms with E-state index < -0.39 is 5.41 Å². The van der Waals surface area contributed by atoms with Gasteiger partial charge in [0.1, 0.15) is 11.6 Å². The summed E-state index contributed by atoms with van der Waals surface area (Å²) in [6.07, 6.45) is 0.741. The average molecular weight is 337 g/mol. The minimum Gasteiger partial charge on any atom is -0.299 e. The van der Waals surface area contributed by atoms with Crippen LogP contribution in [0.25, 0.3) is 0 Å². The van der Waals surface area contributed by atoms with E-state index in [0.29, 0.717) is 18.4 Å². The van der Waals surface area contributed by atoms with Gasteiger partial charge in [0.05, 0.1) is 5.41 Å². The Balaban J connectivity index is 2.19. The SMILES string of the molecule is CC1CC(=O)C(C)(CC(=O)c2ccc(Br)cc2)C(=O)C1. The lowest BCUT2D eigenvalue weighted by Gasteiger charge is -2.32. The van der Waals surface area contributed by atoms with Crippen LogP contribution in [0.3, 0.4) is 0 Å². The molecule has 1 fully saturated rings. The van der Waals surface area contributed by atoms with E-state index in [1.54, 1.807) is 31.2 Å². The molecule has 0 N–H and O–H groups in total. The summed E-state index contributed by atoms with van der Waals surface area (Å²) in [4.78, 5) is 36.6. The first-order chi connectivity index (χ1) is 9.33. The van der Waals surface area contributed by atoms with Crippen molar-refractivity contribution in [2.75, 3.05) is 0 Å². The minimum atomic E-state index is -1.14. The number of hydrogen-bond acceptors (Lipinski definition) is 3. The fourth-order valence-electron chi connectivity index (χ4n) is 2.57. The molecular weight excluding hydrogens is 320 g/mol. The van der Waals surface area contributed by atoms with Crippen molar-refractivity contribution >= 4 is 33.3 Å². The Morgan fingerprint density at radius 1 is 1.20 bits per heavy atom. The highest BCUT2D eigenvalue weighted by Crippen LogP contribution is 2.36. The normalized spacial score (nSPS) is 26.6. The van der Waals surface area contributed by atoms with Crippen LogP contribution in [0.1, 0.15) is 43.5 Å². The molecule has 1 aliphatic rings. The smallest absolute Gasteiger partial charge is 0.164 e. The zero-order chi connectivity index (χ0) is 14.9. The summed E-state index contributed by atoms with van der Waals surface area (Å²) in [7, 11) is 0. The van der Waals surface area contributed by atoms with Gasteiger partial charge in [-0.2, -0.15) is 0 Å². The molecule has 1 aliphatic carbocycles. The van der Waals surface area contributed by atoms with E-state index >= 15 is 0 Å². The largest absolute Gasteiger partial charge is 0.299 e. The Bertz CT molecular complexity index is 542. The summed E-state index contributed by atoms with van der Waals surface area (Å²) >= 11 is 3.31. The lowest BCUT2D eigenvalue weighted by molar-refractivity contribution is -0.144. The number of halogens is 1. The molecule has 0 spiro atoms. The fraction of sp³-hybridized carbons (Fsp3) is 0.438. The maximum absolute atomic E-state index is 12.3. The van der Waals surface area contributed by atoms with Crippen LogP contribution < -0.4 is 0 Å². The first kappa shape index (κ1) is 15.1. The number of Topliss-reactive ketones (excluding diaryl/α,β-unsaturated/α-hetero) is 3. The molecule has 1 aromatic carbocycles. The van der Waals surface area contributed by atoms with Crippen molar-refractivity contribution in [3.8, 4) is 0 Å². The van der Waals surface area contributed by atoms with Gasteiger partial charge in [-0.15, -0.1) is 0 Å². The molecular formula is C16H17BrO3. The topological polar surface area (TPSA) is 51.2 Å². The second-order valence-electron chi connectivity index (χ2n) is 5.80. The highest BCUT2D eigenvalue weighted by atomic mass is 79.9. The van der Waals surface area contributed by atoms with Gasteiger partial charge in [0.2, 0.25) is 0 Å². The maximum Gasteiger partial charge on any atom is 0.164 e. The number of rotatable bonds is 3. The summed E-state index contributed by atoms with van der Waals surface area (Å²) in [5.74, 6) is -0.277. The Morgan fingerprint density at radius 2 is 1.70 bits per heavy atom. The van der Waals surface area contributed by atoms with Gasteiger partial charge in [0, 0.05) is 29.3 Å². The molecule has 0 saturated heterocycles. The maximum atomic E-state index is 12.3. The van der Waals surface area contributed by atoms with Gasteiger partial charge in [-0.05, 0) is 25.0 Å². The average Bonchev–Trinajstić information content (AvgIpc) is 2.37. The molecule has 20 heavy (non-hydrogen) atoms. The molecule has 1 saturated carbocycles. The highest BCUT2D eigenvalue weighted by Gasteiger charge is 2.45. The van der Waals surface area contributed by atoms with Gasteiger partial charge >= 0.3 is 0 Å². The molecule has 1 aromatic rings. The first-order valence-electron chi connectivity index (χ1n) is 6.68. The number of benzene rings is 1. The molecule has 3 nitrogen and oxygen atoms in total. The molecule has 0 unspecified atom stereocenters. The fourth-order valence-corrected chi connectivity index (χ4v) is 2.83. The Kier molecular flexibility index (Phi) is 4.23. The van der Waals surface area contributed by atoms with Crippen molar-refractivity contribution in [1.82, 2.24) is 0 Å². The van der Waals surface area contributed by atoms with E-state index in [0.717, 1.165) is 4.47 Å². The molecule has 0 aliphatic heterocycles. The summed E-state index contributed by atoms with van der Waals surface area (Å²) < 4.78 is 0.888. The van der Waals surface area contributed by atoms with Crippen LogP contribution in [-0.4, -0.2) is 17.3 Å². The molecule has 0 amide bonds. The number of carbonyl (C=O) groups is 3. The number of hydrogen-bond donors (Lipinski definition) is 0. The van der Waals surface area contributed by atoms with Crippen LogP contribution >= 0.6 is 15.9 Å². The summed E-state index contributed by atoms with van der Waals surface area (Å²) in [5, 5.41) is 0. The molecule has 106 valence electrons. The molecule has 0 bridgehead atoms. The van der Waals surface area contributed by atoms with Gasteiger partial charge in [0.25, 0.3) is 0 Å². The minimum absolute atomic E-state index is 0.0288. The molecule has 0 atom stereocenters. The van der Waals surface area contributed by atoms with Crippen molar-refractivity contribution < 1.29 is 14.4 Å². The summed E-state index contributed by atoms with van der Waals surface area (Å²) in [5.41, 5.74) is -0.606. The third kappa shape index (κ3) is 2.90. The van der Waals surface area contributed by atoms with Crippen molar-refractivity contribution in [2.45, 2.75) is 33.1 Å². The van der Waals surface area contributed by atoms with E-state index in [1.165, 1.54) is 0 Å². The van der Waals surface area contributed by atoms with E-state index in [4.69, 9.17) is 0 Å². The van der Waals surface area contributed by atoms with Crippen LogP contribution in [0.15, 0.2) is 28.7 Å². The standard InChI is InChI=1S/C16H17BrO3/c1-10-7-14(19)16(2,15(20)8-10)9-13(18)11-3-5-12(17)6-4-11/h3-6,10H,7-9H2,1-2H3. The van der Waals surface area contributed by atoms with Crippen molar-refractivity contribution in [1.29, 1.82) is 0 Å². The Labute approximate surface area is 126 Å². The quantitative estimate of drug-likeness (QED) is 0.626. The lowest BCUT2D eigenvalue weighted by atomic mass is 9.67. The van der Waals surface area contributed by atoms with Crippen LogP contribution in [-0.2, 0) is 9.59 Å². The van der Waals surface area contributed by atoms with Crippen molar-refractivity contribution in [2.24, 2.45) is 11.3 Å². The van der Waals surface area contributed by atoms with Gasteiger partial charge in [-0.3, -0.25) is 14.4 Å². The molecule has 0 heterocycles. The second kappa shape index (κ2) is 5.60. The molecule has 4 heteroatoms. The van der Waals surface area contributed by atoms with Gasteiger partial charge < -0.3 is 0 Å². The van der Waals surface area contributed by atoms with Crippen LogP contribution in [0.2, 0.25) is 0 Å². The lowest BCUT2D eigenvalue weighted by Crippen LogP contribution is -2.43. The van der Waals surface area contributed by atoms with Gasteiger partial charge in [0.15, 0.2) is 5.78 Å². The molecule has 0 radical (unpaired) electrons. The van der Waals surface area contributed by atoms with E-state index in [-0.39, 0.29) is 29.7 Å². The Morgan fingerprint density at radius 3 is 2.20 bits per heavy atom. The number of carbonyl (C=O) groups excluding carboxylic acids is 3. The van der Waals surface area contributed by atoms with E-state index in [2.05, 4.69) is 15.9 Å². The predicted octanol–water partition coefficient (Wildman–Crippen LogP) is 3.60. The van der Waals surface area contributed by atoms with Crippen LogP contribution in [0.4, 0.5) is 0 Å². The predicted molar refractivity (Wildman–Crippen MR) is 79.6 cm³/mol. The van der Waals surface area contributed by atoms with Gasteiger partial charge in [-0.1, -0.05) is 35.0 Å². The molecule has 0 aromatic heterocycles. The monoisotopic (exact) mass is 336 g/mol. The summed E-state index contributed by atoms with van der Waals surface area (Å²) in [6, 6.07) is 6.97. The van der Waals surface area contributed by atoms with Crippen molar-refractivity contribution in [3.63, 3.8) is 0 Å². The van der Waals surface area contributed by atoms with Crippen LogP contribution in [0, 0.1) is 11.3 Å². The molecule has 2 rings (SSSR count). The third-order valence-corrected chi connectivity index (χ3v) is 4.51. The Hall–Kier alpha value is -1.29. The summed E-state index contributed by atoms with van der Waals surface area (Å²) in [6.45, 7) is 3.51. The second-order valence-corrected chi connectivity index (χ2v) is 6.71. The first-order valence-corrected chi connectivity index (χ1v) is 7.47. The highest BCUT2D eigenvalue weighted by molar-refractivity contribution is 9.10. The van der Waals surface area contributed by atoms with Crippen LogP contribution in [0.5, 0.6) is 0 Å². The zero-order valence-corrected chi connectivity index (χ0v) is 13.2.